The SMILES string of the molecule is OCC1=CSC(CCCCCCC2SC=C(CO)S2)S1. The normalized spacial score (nSPS) is 25.9. The monoisotopic (exact) mass is 350 g/mol. The van der Waals surface area contributed by atoms with E-state index in [4.69, 9.17) is 10.2 Å². The van der Waals surface area contributed by atoms with Crippen LogP contribution in [0.5, 0.6) is 0 Å². The van der Waals surface area contributed by atoms with E-state index in [1.165, 1.54) is 38.5 Å². The smallest absolute Gasteiger partial charge is 0.0746 e. The highest BCUT2D eigenvalue weighted by atomic mass is 32.2. The lowest BCUT2D eigenvalue weighted by atomic mass is 10.1. The van der Waals surface area contributed by atoms with Crippen LogP contribution in [0.25, 0.3) is 0 Å². The molecule has 2 rings (SSSR count). The molecule has 0 aromatic rings. The summed E-state index contributed by atoms with van der Waals surface area (Å²) < 4.78 is 1.27. The van der Waals surface area contributed by atoms with Crippen molar-refractivity contribution in [1.29, 1.82) is 0 Å². The predicted molar refractivity (Wildman–Crippen MR) is 96.0 cm³/mol. The van der Waals surface area contributed by atoms with Crippen LogP contribution in [0.1, 0.15) is 38.5 Å². The molecule has 2 nitrogen and oxygen atoms in total. The number of aliphatic hydroxyl groups is 2. The first-order valence-electron chi connectivity index (χ1n) is 7.06. The molecule has 0 aromatic carbocycles. The number of aliphatic hydroxyl groups excluding tert-OH is 2. The third kappa shape index (κ3) is 5.89. The molecule has 2 heterocycles. The second kappa shape index (κ2) is 9.74. The summed E-state index contributed by atoms with van der Waals surface area (Å²) in [5.41, 5.74) is 0. The number of hydrogen-bond acceptors (Lipinski definition) is 6. The van der Waals surface area contributed by atoms with Gasteiger partial charge in [0, 0.05) is 9.81 Å². The Bertz CT molecular complexity index is 323. The molecule has 2 unspecified atom stereocenters. The fourth-order valence-corrected chi connectivity index (χ4v) is 7.18. The Labute approximate surface area is 138 Å². The highest BCUT2D eigenvalue weighted by Gasteiger charge is 2.18. The van der Waals surface area contributed by atoms with Gasteiger partial charge in [0.2, 0.25) is 0 Å². The summed E-state index contributed by atoms with van der Waals surface area (Å²) in [5.74, 6) is 0. The Morgan fingerprint density at radius 2 is 1.20 bits per heavy atom. The predicted octanol–water partition coefficient (Wildman–Crippen LogP) is 4.61. The van der Waals surface area contributed by atoms with Crippen molar-refractivity contribution in [2.75, 3.05) is 13.2 Å². The average molecular weight is 351 g/mol. The lowest BCUT2D eigenvalue weighted by Crippen LogP contribution is -1.95. The van der Waals surface area contributed by atoms with Crippen LogP contribution in [-0.2, 0) is 0 Å². The summed E-state index contributed by atoms with van der Waals surface area (Å²) >= 11 is 7.40. The van der Waals surface area contributed by atoms with Crippen molar-refractivity contribution in [3.8, 4) is 0 Å². The maximum atomic E-state index is 9.04. The van der Waals surface area contributed by atoms with Crippen molar-refractivity contribution in [3.63, 3.8) is 0 Å². The molecule has 0 amide bonds. The van der Waals surface area contributed by atoms with Crippen molar-refractivity contribution in [2.24, 2.45) is 0 Å². The molecule has 0 aromatic heterocycles. The molecule has 0 aliphatic carbocycles. The lowest BCUT2D eigenvalue weighted by Gasteiger charge is -2.10. The first-order chi connectivity index (χ1) is 9.81. The molecular formula is C14H22O2S4. The topological polar surface area (TPSA) is 40.5 Å². The first kappa shape index (κ1) is 17.2. The molecule has 2 aliphatic rings. The van der Waals surface area contributed by atoms with Crippen LogP contribution in [0.15, 0.2) is 20.6 Å². The second-order valence-electron chi connectivity index (χ2n) is 4.84. The molecule has 0 spiro atoms. The van der Waals surface area contributed by atoms with Gasteiger partial charge < -0.3 is 10.2 Å². The van der Waals surface area contributed by atoms with Crippen LogP contribution in [0, 0.1) is 0 Å². The van der Waals surface area contributed by atoms with Gasteiger partial charge in [-0.3, -0.25) is 0 Å². The van der Waals surface area contributed by atoms with Gasteiger partial charge in [-0.25, -0.2) is 0 Å². The molecule has 2 aliphatic heterocycles. The third-order valence-electron chi connectivity index (χ3n) is 3.21. The fraction of sp³-hybridized carbons (Fsp3) is 0.714. The van der Waals surface area contributed by atoms with E-state index in [0.29, 0.717) is 9.16 Å². The van der Waals surface area contributed by atoms with Crippen LogP contribution >= 0.6 is 47.0 Å². The minimum Gasteiger partial charge on any atom is -0.391 e. The molecule has 0 saturated heterocycles. The number of unbranched alkanes of at least 4 members (excludes halogenated alkanes) is 3. The molecule has 20 heavy (non-hydrogen) atoms. The van der Waals surface area contributed by atoms with E-state index in [0.717, 1.165) is 9.81 Å². The van der Waals surface area contributed by atoms with Crippen molar-refractivity contribution in [2.45, 2.75) is 47.7 Å². The summed E-state index contributed by atoms with van der Waals surface area (Å²) in [6, 6.07) is 0. The van der Waals surface area contributed by atoms with Gasteiger partial charge in [0.25, 0.3) is 0 Å². The molecule has 0 fully saturated rings. The first-order valence-corrected chi connectivity index (χ1v) is 10.7. The van der Waals surface area contributed by atoms with Gasteiger partial charge >= 0.3 is 0 Å². The van der Waals surface area contributed by atoms with Gasteiger partial charge in [-0.15, -0.1) is 47.0 Å². The van der Waals surface area contributed by atoms with E-state index in [2.05, 4.69) is 10.8 Å². The summed E-state index contributed by atoms with van der Waals surface area (Å²) in [4.78, 5) is 2.25. The Kier molecular flexibility index (Phi) is 8.36. The highest BCUT2D eigenvalue weighted by molar-refractivity contribution is 8.23. The lowest BCUT2D eigenvalue weighted by molar-refractivity contribution is 0.339. The van der Waals surface area contributed by atoms with Gasteiger partial charge in [-0.05, 0) is 23.7 Å². The maximum Gasteiger partial charge on any atom is 0.0746 e. The van der Waals surface area contributed by atoms with Crippen molar-refractivity contribution >= 4 is 47.0 Å². The minimum atomic E-state index is 0.203. The summed E-state index contributed by atoms with van der Waals surface area (Å²) in [6.45, 7) is 0.406. The van der Waals surface area contributed by atoms with E-state index in [-0.39, 0.29) is 13.2 Å². The molecule has 2 N–H and O–H groups in total. The molecule has 2 atom stereocenters. The molecule has 0 bridgehead atoms. The van der Waals surface area contributed by atoms with Crippen molar-refractivity contribution < 1.29 is 10.2 Å². The molecule has 0 radical (unpaired) electrons. The Morgan fingerprint density at radius 3 is 1.55 bits per heavy atom. The maximum absolute atomic E-state index is 9.04. The third-order valence-corrected chi connectivity index (χ3v) is 8.77. The van der Waals surface area contributed by atoms with Gasteiger partial charge in [0.1, 0.15) is 0 Å². The quantitative estimate of drug-likeness (QED) is 0.592. The molecule has 0 saturated carbocycles. The Morgan fingerprint density at radius 1 is 0.750 bits per heavy atom. The Balaban J connectivity index is 1.41. The van der Waals surface area contributed by atoms with Crippen LogP contribution < -0.4 is 0 Å². The Hall–Kier alpha value is 0.800. The molecule has 114 valence electrons. The van der Waals surface area contributed by atoms with Crippen molar-refractivity contribution in [1.82, 2.24) is 0 Å². The zero-order chi connectivity index (χ0) is 14.2. The summed E-state index contributed by atoms with van der Waals surface area (Å²) in [5, 5.41) is 22.3. The number of rotatable bonds is 9. The minimum absolute atomic E-state index is 0.203. The van der Waals surface area contributed by atoms with Crippen molar-refractivity contribution in [3.05, 3.63) is 20.6 Å². The zero-order valence-electron chi connectivity index (χ0n) is 11.5. The van der Waals surface area contributed by atoms with Gasteiger partial charge in [-0.1, -0.05) is 25.7 Å². The van der Waals surface area contributed by atoms with E-state index in [9.17, 15) is 0 Å². The molecular weight excluding hydrogens is 328 g/mol. The average Bonchev–Trinajstić information content (AvgIpc) is 3.11. The molecule has 6 heteroatoms. The van der Waals surface area contributed by atoms with Gasteiger partial charge in [0.15, 0.2) is 0 Å². The largest absolute Gasteiger partial charge is 0.391 e. The fourth-order valence-electron chi connectivity index (χ4n) is 2.13. The second-order valence-corrected chi connectivity index (χ2v) is 10.3. The van der Waals surface area contributed by atoms with E-state index in [1.54, 1.807) is 0 Å². The standard InChI is InChI=1S/C14H22O2S4/c15-7-11-9-17-13(19-11)5-3-1-2-4-6-14-18-10-12(8-16)20-14/h9-10,13-16H,1-8H2. The number of hydrogen-bond donors (Lipinski definition) is 2. The van der Waals surface area contributed by atoms with Gasteiger partial charge in [-0.2, -0.15) is 0 Å². The van der Waals surface area contributed by atoms with Crippen LogP contribution in [0.3, 0.4) is 0 Å². The van der Waals surface area contributed by atoms with E-state index < -0.39 is 0 Å². The zero-order valence-corrected chi connectivity index (χ0v) is 14.8. The van der Waals surface area contributed by atoms with Crippen LogP contribution in [0.2, 0.25) is 0 Å². The number of thioether (sulfide) groups is 4. The van der Waals surface area contributed by atoms with Gasteiger partial charge in [0.05, 0.1) is 22.4 Å². The van der Waals surface area contributed by atoms with Crippen LogP contribution in [0.4, 0.5) is 0 Å². The summed E-state index contributed by atoms with van der Waals surface area (Å²) in [7, 11) is 0. The highest BCUT2D eigenvalue weighted by Crippen LogP contribution is 2.43. The van der Waals surface area contributed by atoms with E-state index in [1.807, 2.05) is 47.0 Å². The van der Waals surface area contributed by atoms with E-state index >= 15 is 0 Å². The van der Waals surface area contributed by atoms with Crippen LogP contribution in [-0.4, -0.2) is 32.6 Å². The summed E-state index contributed by atoms with van der Waals surface area (Å²) in [6.07, 6.45) is 7.71.